The van der Waals surface area contributed by atoms with Crippen LogP contribution < -0.4 is 10.2 Å². The van der Waals surface area contributed by atoms with Crippen LogP contribution in [0.1, 0.15) is 63.4 Å². The minimum Gasteiger partial charge on any atom is -0.394 e. The maximum Gasteiger partial charge on any atom is 0.227 e. The van der Waals surface area contributed by atoms with Crippen LogP contribution in [-0.4, -0.2) is 59.2 Å². The van der Waals surface area contributed by atoms with Crippen LogP contribution in [0.2, 0.25) is 5.02 Å². The van der Waals surface area contributed by atoms with Gasteiger partial charge in [0, 0.05) is 43.2 Å². The van der Waals surface area contributed by atoms with Gasteiger partial charge in [0.25, 0.3) is 0 Å². The molecule has 2 saturated carbocycles. The highest BCUT2D eigenvalue weighted by Gasteiger charge is 2.54. The summed E-state index contributed by atoms with van der Waals surface area (Å²) in [6.07, 6.45) is 9.00. The Labute approximate surface area is 201 Å². The number of aliphatic hydroxyl groups excluding tert-OH is 1. The highest BCUT2D eigenvalue weighted by Crippen LogP contribution is 2.56. The number of nitrogens with zero attached hydrogens (tertiary/aromatic N) is 5. The molecule has 3 fully saturated rings. The quantitative estimate of drug-likeness (QED) is 0.661. The molecule has 1 spiro atoms. The Kier molecular flexibility index (Phi) is 4.81. The van der Waals surface area contributed by atoms with Crippen molar-refractivity contribution in [1.29, 1.82) is 0 Å². The minimum absolute atomic E-state index is 0.0537. The molecule has 2 N–H and O–H groups in total. The number of anilines is 2. The lowest BCUT2D eigenvalue weighted by molar-refractivity contribution is 0.0582. The number of rotatable bonds is 5. The highest BCUT2D eigenvalue weighted by molar-refractivity contribution is 7.87. The van der Waals surface area contributed by atoms with Gasteiger partial charge in [-0.1, -0.05) is 11.6 Å². The average Bonchev–Trinajstić information content (AvgIpc) is 2.92. The average molecular weight is 489 g/mol. The van der Waals surface area contributed by atoms with E-state index in [2.05, 4.69) is 20.2 Å². The van der Waals surface area contributed by atoms with E-state index in [0.29, 0.717) is 29.1 Å². The van der Waals surface area contributed by atoms with Crippen molar-refractivity contribution in [1.82, 2.24) is 19.9 Å². The van der Waals surface area contributed by atoms with E-state index in [-0.39, 0.29) is 22.3 Å². The molecule has 2 aliphatic carbocycles. The lowest BCUT2D eigenvalue weighted by atomic mass is 9.57. The fourth-order valence-electron chi connectivity index (χ4n) is 5.81. The van der Waals surface area contributed by atoms with Gasteiger partial charge in [-0.15, -0.1) is 0 Å². The van der Waals surface area contributed by atoms with Gasteiger partial charge in [0.15, 0.2) is 0 Å². The molecule has 8 nitrogen and oxygen atoms in total. The van der Waals surface area contributed by atoms with Crippen molar-refractivity contribution in [3.63, 3.8) is 0 Å². The molecule has 33 heavy (non-hydrogen) atoms. The maximum atomic E-state index is 13.2. The fraction of sp³-hybridized carbons (Fsp3) is 0.652. The molecule has 0 aromatic carbocycles. The smallest absolute Gasteiger partial charge is 0.227 e. The summed E-state index contributed by atoms with van der Waals surface area (Å²) in [6, 6.07) is 0. The van der Waals surface area contributed by atoms with Gasteiger partial charge < -0.3 is 15.3 Å². The van der Waals surface area contributed by atoms with Crippen LogP contribution in [0.3, 0.4) is 0 Å². The number of aromatic nitrogens is 4. The largest absolute Gasteiger partial charge is 0.394 e. The van der Waals surface area contributed by atoms with E-state index in [1.807, 2.05) is 13.8 Å². The number of fused-ring (bicyclic) bond motifs is 1. The number of halogens is 1. The molecule has 10 heteroatoms. The van der Waals surface area contributed by atoms with Gasteiger partial charge in [0.1, 0.15) is 16.5 Å². The first kappa shape index (κ1) is 21.7. The molecule has 0 amide bonds. The van der Waals surface area contributed by atoms with Crippen molar-refractivity contribution >= 4 is 34.2 Å². The maximum absolute atomic E-state index is 13.2. The third-order valence-electron chi connectivity index (χ3n) is 7.90. The molecular formula is C23H29ClN6O2S. The van der Waals surface area contributed by atoms with Gasteiger partial charge in [0.05, 0.1) is 38.4 Å². The zero-order chi connectivity index (χ0) is 23.0. The third-order valence-corrected chi connectivity index (χ3v) is 10.0. The van der Waals surface area contributed by atoms with E-state index in [0.717, 1.165) is 61.6 Å². The van der Waals surface area contributed by atoms with Crippen molar-refractivity contribution in [2.45, 2.75) is 73.5 Å². The number of aliphatic hydroxyl groups is 1. The number of hydrogen-bond acceptors (Lipinski definition) is 8. The van der Waals surface area contributed by atoms with Crippen molar-refractivity contribution in [2.75, 3.05) is 29.9 Å². The van der Waals surface area contributed by atoms with E-state index in [9.17, 15) is 9.32 Å². The Hall–Kier alpha value is -1.84. The van der Waals surface area contributed by atoms with Gasteiger partial charge in [-0.2, -0.15) is 4.98 Å². The van der Waals surface area contributed by atoms with Crippen molar-refractivity contribution in [3.8, 4) is 0 Å². The van der Waals surface area contributed by atoms with Gasteiger partial charge in [0.2, 0.25) is 5.95 Å². The van der Waals surface area contributed by atoms with E-state index in [1.165, 1.54) is 0 Å². The Morgan fingerprint density at radius 3 is 2.52 bits per heavy atom. The van der Waals surface area contributed by atoms with Crippen molar-refractivity contribution in [2.24, 2.45) is 5.41 Å². The molecule has 4 aliphatic rings. The topological polar surface area (TPSA) is 104 Å². The van der Waals surface area contributed by atoms with Crippen LogP contribution in [0, 0.1) is 5.41 Å². The van der Waals surface area contributed by atoms with E-state index in [4.69, 9.17) is 21.6 Å². The fourth-order valence-corrected chi connectivity index (χ4v) is 7.33. The standard InChI is InChI=1S/C23H29ClN6O2S/c1-21(2)8-16-17(33(21)32)19(29-23(13-31)4-3-5-23)28-20(27-16)30-11-22(12-30)6-14(7-22)18-25-9-15(24)10-26-18/h9-10,14,31H,3-8,11-13H2,1-2H3,(H,27,28,29)/t33-/m1/s1. The lowest BCUT2D eigenvalue weighted by Crippen LogP contribution is -2.62. The summed E-state index contributed by atoms with van der Waals surface area (Å²) in [7, 11) is -1.18. The van der Waals surface area contributed by atoms with Crippen LogP contribution in [0.25, 0.3) is 0 Å². The first-order valence-corrected chi connectivity index (χ1v) is 13.2. The van der Waals surface area contributed by atoms with E-state index >= 15 is 0 Å². The van der Waals surface area contributed by atoms with Gasteiger partial charge in [-0.25, -0.2) is 15.0 Å². The summed E-state index contributed by atoms with van der Waals surface area (Å²) in [4.78, 5) is 21.5. The third kappa shape index (κ3) is 3.46. The van der Waals surface area contributed by atoms with Crippen LogP contribution in [0.5, 0.6) is 0 Å². The Balaban J connectivity index is 1.22. The normalized spacial score (nSPS) is 26.3. The van der Waals surface area contributed by atoms with Gasteiger partial charge >= 0.3 is 0 Å². The van der Waals surface area contributed by atoms with Crippen molar-refractivity contribution < 1.29 is 9.32 Å². The molecule has 0 radical (unpaired) electrons. The molecule has 2 aromatic rings. The molecule has 0 unspecified atom stereocenters. The molecule has 0 bridgehead atoms. The zero-order valence-electron chi connectivity index (χ0n) is 19.0. The molecule has 1 saturated heterocycles. The second kappa shape index (κ2) is 7.33. The first-order chi connectivity index (χ1) is 15.7. The van der Waals surface area contributed by atoms with E-state index in [1.54, 1.807) is 12.4 Å². The van der Waals surface area contributed by atoms with Crippen LogP contribution >= 0.6 is 11.6 Å². The molecule has 2 aromatic heterocycles. The highest BCUT2D eigenvalue weighted by atomic mass is 35.5. The van der Waals surface area contributed by atoms with Gasteiger partial charge in [-0.05, 0) is 46.0 Å². The van der Waals surface area contributed by atoms with Gasteiger partial charge in [-0.3, -0.25) is 4.21 Å². The van der Waals surface area contributed by atoms with Crippen LogP contribution in [-0.2, 0) is 17.2 Å². The molecule has 6 rings (SSSR count). The monoisotopic (exact) mass is 488 g/mol. The number of nitrogens with one attached hydrogen (secondary N) is 1. The predicted molar refractivity (Wildman–Crippen MR) is 127 cm³/mol. The molecule has 1 atom stereocenters. The summed E-state index contributed by atoms with van der Waals surface area (Å²) in [5, 5.41) is 14.0. The van der Waals surface area contributed by atoms with Crippen LogP contribution in [0.15, 0.2) is 17.3 Å². The Bertz CT molecular complexity index is 1120. The first-order valence-electron chi connectivity index (χ1n) is 11.7. The van der Waals surface area contributed by atoms with Crippen LogP contribution in [0.4, 0.5) is 11.8 Å². The Morgan fingerprint density at radius 1 is 1.21 bits per heavy atom. The number of hydrogen-bond donors (Lipinski definition) is 2. The summed E-state index contributed by atoms with van der Waals surface area (Å²) in [5.41, 5.74) is 0.790. The summed E-state index contributed by atoms with van der Waals surface area (Å²) in [5.74, 6) is 2.61. The molecule has 4 heterocycles. The summed E-state index contributed by atoms with van der Waals surface area (Å²) < 4.78 is 12.9. The SMILES string of the molecule is CC1(C)Cc2nc(N3CC4(CC(c5ncc(Cl)cn5)C4)C3)nc(NC3(CO)CCC3)c2[S@]1=O. The molecular weight excluding hydrogens is 460 g/mol. The van der Waals surface area contributed by atoms with E-state index < -0.39 is 10.8 Å². The Morgan fingerprint density at radius 2 is 1.91 bits per heavy atom. The van der Waals surface area contributed by atoms with Crippen molar-refractivity contribution in [3.05, 3.63) is 28.9 Å². The predicted octanol–water partition coefficient (Wildman–Crippen LogP) is 3.07. The minimum atomic E-state index is -1.18. The second-order valence-electron chi connectivity index (χ2n) is 11.0. The molecule has 176 valence electrons. The second-order valence-corrected chi connectivity index (χ2v) is 13.5. The summed E-state index contributed by atoms with van der Waals surface area (Å²) in [6.45, 7) is 5.91. The summed E-state index contributed by atoms with van der Waals surface area (Å²) >= 11 is 5.92. The molecule has 2 aliphatic heterocycles. The zero-order valence-corrected chi connectivity index (χ0v) is 20.5. The lowest BCUT2D eigenvalue weighted by Gasteiger charge is -2.58.